The van der Waals surface area contributed by atoms with E-state index >= 15 is 0 Å². The standard InChI is InChI=1S/C14H22O/c1-10(2)12-7-9-14(3)8-6-11(15)4-5-13(12)14/h10H,4-9H2,1-3H3. The summed E-state index contributed by atoms with van der Waals surface area (Å²) in [5.74, 6) is 1.15. The molecule has 0 aromatic rings. The van der Waals surface area contributed by atoms with E-state index in [0.29, 0.717) is 17.1 Å². The second-order valence-electron chi connectivity index (χ2n) is 5.76. The molecule has 0 amide bonds. The molecule has 2 aliphatic carbocycles. The van der Waals surface area contributed by atoms with Gasteiger partial charge in [-0.15, -0.1) is 0 Å². The first-order valence-electron chi connectivity index (χ1n) is 6.27. The Labute approximate surface area is 92.9 Å². The second kappa shape index (κ2) is 3.77. The molecule has 0 bridgehead atoms. The smallest absolute Gasteiger partial charge is 0.133 e. The molecule has 2 rings (SSSR count). The van der Waals surface area contributed by atoms with Crippen LogP contribution in [0, 0.1) is 11.3 Å². The first kappa shape index (κ1) is 10.9. The van der Waals surface area contributed by atoms with Crippen molar-refractivity contribution >= 4 is 5.78 Å². The van der Waals surface area contributed by atoms with Gasteiger partial charge in [-0.25, -0.2) is 0 Å². The summed E-state index contributed by atoms with van der Waals surface area (Å²) >= 11 is 0. The molecule has 1 heteroatoms. The Hall–Kier alpha value is -0.590. The summed E-state index contributed by atoms with van der Waals surface area (Å²) in [5.41, 5.74) is 3.67. The molecule has 0 aliphatic heterocycles. The fraction of sp³-hybridized carbons (Fsp3) is 0.786. The third-order valence-corrected chi connectivity index (χ3v) is 4.37. The van der Waals surface area contributed by atoms with Crippen molar-refractivity contribution in [2.24, 2.45) is 11.3 Å². The van der Waals surface area contributed by atoms with Crippen molar-refractivity contribution in [1.82, 2.24) is 0 Å². The summed E-state index contributed by atoms with van der Waals surface area (Å²) in [7, 11) is 0. The van der Waals surface area contributed by atoms with Crippen LogP contribution in [0.3, 0.4) is 0 Å². The van der Waals surface area contributed by atoms with Gasteiger partial charge in [-0.1, -0.05) is 31.9 Å². The van der Waals surface area contributed by atoms with E-state index in [0.717, 1.165) is 25.7 Å². The van der Waals surface area contributed by atoms with Crippen LogP contribution in [-0.2, 0) is 4.79 Å². The number of rotatable bonds is 1. The van der Waals surface area contributed by atoms with Crippen LogP contribution in [-0.4, -0.2) is 5.78 Å². The normalized spacial score (nSPS) is 32.1. The van der Waals surface area contributed by atoms with Crippen LogP contribution in [0.5, 0.6) is 0 Å². The van der Waals surface area contributed by atoms with Crippen LogP contribution >= 0.6 is 0 Å². The Morgan fingerprint density at radius 2 is 1.73 bits per heavy atom. The molecule has 0 spiro atoms. The highest BCUT2D eigenvalue weighted by Crippen LogP contribution is 2.51. The lowest BCUT2D eigenvalue weighted by Gasteiger charge is -2.26. The lowest BCUT2D eigenvalue weighted by atomic mass is 9.78. The van der Waals surface area contributed by atoms with E-state index in [1.54, 1.807) is 11.1 Å². The minimum Gasteiger partial charge on any atom is -0.300 e. The molecule has 2 aliphatic rings. The van der Waals surface area contributed by atoms with Crippen LogP contribution < -0.4 is 0 Å². The summed E-state index contributed by atoms with van der Waals surface area (Å²) in [6.07, 6.45) is 6.30. The molecule has 1 unspecified atom stereocenters. The first-order chi connectivity index (χ1) is 7.03. The number of allylic oxidation sites excluding steroid dienone is 2. The first-order valence-corrected chi connectivity index (χ1v) is 6.27. The third kappa shape index (κ3) is 1.89. The Morgan fingerprint density at radius 3 is 2.40 bits per heavy atom. The summed E-state index contributed by atoms with van der Waals surface area (Å²) in [6, 6.07) is 0. The van der Waals surface area contributed by atoms with Gasteiger partial charge in [0.05, 0.1) is 0 Å². The van der Waals surface area contributed by atoms with Gasteiger partial charge in [0.2, 0.25) is 0 Å². The van der Waals surface area contributed by atoms with Crippen molar-refractivity contribution in [3.8, 4) is 0 Å². The quantitative estimate of drug-likeness (QED) is 0.595. The fourth-order valence-corrected chi connectivity index (χ4v) is 3.28. The molecule has 15 heavy (non-hydrogen) atoms. The monoisotopic (exact) mass is 206 g/mol. The Morgan fingerprint density at radius 1 is 1.07 bits per heavy atom. The summed E-state index contributed by atoms with van der Waals surface area (Å²) in [4.78, 5) is 11.5. The highest BCUT2D eigenvalue weighted by Gasteiger charge is 2.38. The molecule has 1 nitrogen and oxygen atoms in total. The largest absolute Gasteiger partial charge is 0.300 e. The van der Waals surface area contributed by atoms with Crippen molar-refractivity contribution in [3.05, 3.63) is 11.1 Å². The number of carbonyl (C=O) groups is 1. The number of fused-ring (bicyclic) bond motifs is 1. The van der Waals surface area contributed by atoms with E-state index in [1.165, 1.54) is 12.8 Å². The number of ketones is 1. The zero-order chi connectivity index (χ0) is 11.1. The zero-order valence-corrected chi connectivity index (χ0v) is 10.2. The Balaban J connectivity index is 2.33. The van der Waals surface area contributed by atoms with Crippen molar-refractivity contribution < 1.29 is 4.79 Å². The molecule has 1 saturated carbocycles. The van der Waals surface area contributed by atoms with E-state index in [4.69, 9.17) is 0 Å². The number of hydrogen-bond acceptors (Lipinski definition) is 1. The van der Waals surface area contributed by atoms with Gasteiger partial charge in [0.25, 0.3) is 0 Å². The topological polar surface area (TPSA) is 17.1 Å². The summed E-state index contributed by atoms with van der Waals surface area (Å²) in [6.45, 7) is 6.96. The third-order valence-electron chi connectivity index (χ3n) is 4.37. The number of hydrogen-bond donors (Lipinski definition) is 0. The van der Waals surface area contributed by atoms with Gasteiger partial charge in [-0.3, -0.25) is 4.79 Å². The number of Topliss-reactive ketones (excluding diaryl/α,β-unsaturated/α-hetero) is 1. The van der Waals surface area contributed by atoms with E-state index in [-0.39, 0.29) is 0 Å². The van der Waals surface area contributed by atoms with Crippen molar-refractivity contribution in [3.63, 3.8) is 0 Å². The lowest BCUT2D eigenvalue weighted by molar-refractivity contribution is -0.119. The second-order valence-corrected chi connectivity index (χ2v) is 5.76. The van der Waals surface area contributed by atoms with Crippen LogP contribution in [0.2, 0.25) is 0 Å². The molecule has 0 heterocycles. The SMILES string of the molecule is CC(C)C1=C2CCC(=O)CCC2(C)CC1. The van der Waals surface area contributed by atoms with Crippen LogP contribution in [0.4, 0.5) is 0 Å². The molecule has 1 fully saturated rings. The van der Waals surface area contributed by atoms with E-state index in [2.05, 4.69) is 20.8 Å². The fourth-order valence-electron chi connectivity index (χ4n) is 3.28. The molecule has 0 saturated heterocycles. The van der Waals surface area contributed by atoms with Gasteiger partial charge in [0.1, 0.15) is 5.78 Å². The van der Waals surface area contributed by atoms with Crippen LogP contribution in [0.1, 0.15) is 59.3 Å². The molecule has 0 aromatic heterocycles. The summed E-state index contributed by atoms with van der Waals surface area (Å²) in [5, 5.41) is 0. The van der Waals surface area contributed by atoms with E-state index in [9.17, 15) is 4.79 Å². The lowest BCUT2D eigenvalue weighted by Crippen LogP contribution is -2.14. The van der Waals surface area contributed by atoms with Crippen molar-refractivity contribution in [2.75, 3.05) is 0 Å². The maximum absolute atomic E-state index is 11.5. The van der Waals surface area contributed by atoms with Crippen molar-refractivity contribution in [2.45, 2.75) is 59.3 Å². The minimum atomic E-state index is 0.367. The maximum atomic E-state index is 11.5. The maximum Gasteiger partial charge on any atom is 0.133 e. The average Bonchev–Trinajstić information content (AvgIpc) is 2.43. The van der Waals surface area contributed by atoms with Crippen LogP contribution in [0.25, 0.3) is 0 Å². The van der Waals surface area contributed by atoms with Gasteiger partial charge >= 0.3 is 0 Å². The Kier molecular flexibility index (Phi) is 2.74. The highest BCUT2D eigenvalue weighted by molar-refractivity contribution is 5.79. The van der Waals surface area contributed by atoms with Gasteiger partial charge in [-0.2, -0.15) is 0 Å². The molecule has 0 aromatic carbocycles. The van der Waals surface area contributed by atoms with E-state index in [1.807, 2.05) is 0 Å². The van der Waals surface area contributed by atoms with Crippen LogP contribution in [0.15, 0.2) is 11.1 Å². The predicted molar refractivity (Wildman–Crippen MR) is 62.7 cm³/mol. The average molecular weight is 206 g/mol. The van der Waals surface area contributed by atoms with Gasteiger partial charge in [-0.05, 0) is 37.0 Å². The molecular formula is C14H22O. The molecule has 84 valence electrons. The minimum absolute atomic E-state index is 0.367. The van der Waals surface area contributed by atoms with E-state index < -0.39 is 0 Å². The molecule has 0 radical (unpaired) electrons. The predicted octanol–water partition coefficient (Wildman–Crippen LogP) is 3.88. The van der Waals surface area contributed by atoms with Gasteiger partial charge in [0, 0.05) is 12.8 Å². The summed E-state index contributed by atoms with van der Waals surface area (Å²) < 4.78 is 0. The molecule has 1 atom stereocenters. The molecular weight excluding hydrogens is 184 g/mol. The zero-order valence-electron chi connectivity index (χ0n) is 10.2. The Bertz CT molecular complexity index is 311. The van der Waals surface area contributed by atoms with Gasteiger partial charge in [0.15, 0.2) is 0 Å². The van der Waals surface area contributed by atoms with Gasteiger partial charge < -0.3 is 0 Å². The highest BCUT2D eigenvalue weighted by atomic mass is 16.1. The molecule has 0 N–H and O–H groups in total. The van der Waals surface area contributed by atoms with Crippen molar-refractivity contribution in [1.29, 1.82) is 0 Å². The number of carbonyl (C=O) groups excluding carboxylic acids is 1.